The first-order chi connectivity index (χ1) is 9.90. The standard InChI is InChI=1S/C18H28FNS/c1-5-20-16-11-6-13(18(2,3)4)12-17(16)21-15-9-7-14(19)8-10-15/h7-10,13,16-17,20H,5-6,11-12H2,1-4H3. The average Bonchev–Trinajstić information content (AvgIpc) is 2.42. The van der Waals surface area contributed by atoms with E-state index in [4.69, 9.17) is 0 Å². The molecule has 0 amide bonds. The van der Waals surface area contributed by atoms with E-state index in [2.05, 4.69) is 33.0 Å². The van der Waals surface area contributed by atoms with E-state index in [-0.39, 0.29) is 5.82 Å². The van der Waals surface area contributed by atoms with Crippen molar-refractivity contribution >= 4 is 11.8 Å². The van der Waals surface area contributed by atoms with Crippen molar-refractivity contribution in [2.24, 2.45) is 11.3 Å². The van der Waals surface area contributed by atoms with E-state index in [1.54, 1.807) is 12.1 Å². The van der Waals surface area contributed by atoms with Gasteiger partial charge in [0.15, 0.2) is 0 Å². The van der Waals surface area contributed by atoms with Gasteiger partial charge in [-0.05, 0) is 61.4 Å². The lowest BCUT2D eigenvalue weighted by Gasteiger charge is -2.42. The highest BCUT2D eigenvalue weighted by atomic mass is 32.2. The van der Waals surface area contributed by atoms with E-state index in [9.17, 15) is 4.39 Å². The molecular weight excluding hydrogens is 281 g/mol. The predicted molar refractivity (Wildman–Crippen MR) is 90.3 cm³/mol. The number of hydrogen-bond acceptors (Lipinski definition) is 2. The van der Waals surface area contributed by atoms with Gasteiger partial charge in [0.05, 0.1) is 0 Å². The Morgan fingerprint density at radius 1 is 1.19 bits per heavy atom. The van der Waals surface area contributed by atoms with E-state index in [0.717, 1.165) is 12.5 Å². The van der Waals surface area contributed by atoms with Crippen molar-refractivity contribution < 1.29 is 4.39 Å². The molecule has 21 heavy (non-hydrogen) atoms. The minimum absolute atomic E-state index is 0.154. The summed E-state index contributed by atoms with van der Waals surface area (Å²) in [6.07, 6.45) is 3.79. The van der Waals surface area contributed by atoms with Gasteiger partial charge in [-0.25, -0.2) is 4.39 Å². The summed E-state index contributed by atoms with van der Waals surface area (Å²) in [4.78, 5) is 1.18. The van der Waals surface area contributed by atoms with Crippen LogP contribution in [0.25, 0.3) is 0 Å². The molecule has 3 atom stereocenters. The molecule has 0 spiro atoms. The third-order valence-corrected chi connectivity index (χ3v) is 5.95. The smallest absolute Gasteiger partial charge is 0.123 e. The van der Waals surface area contributed by atoms with E-state index in [0.29, 0.717) is 16.7 Å². The molecular formula is C18H28FNS. The van der Waals surface area contributed by atoms with Crippen LogP contribution in [0.15, 0.2) is 29.2 Å². The first kappa shape index (κ1) is 16.8. The maximum Gasteiger partial charge on any atom is 0.123 e. The first-order valence-electron chi connectivity index (χ1n) is 8.05. The van der Waals surface area contributed by atoms with Crippen LogP contribution in [0.4, 0.5) is 4.39 Å². The molecule has 2 rings (SSSR count). The average molecular weight is 309 g/mol. The molecule has 0 radical (unpaired) electrons. The Labute approximate surface area is 133 Å². The van der Waals surface area contributed by atoms with Crippen molar-refractivity contribution in [1.29, 1.82) is 0 Å². The zero-order valence-electron chi connectivity index (χ0n) is 13.7. The third-order valence-electron chi connectivity index (χ3n) is 4.58. The second kappa shape index (κ2) is 7.15. The number of benzene rings is 1. The molecule has 3 unspecified atom stereocenters. The van der Waals surface area contributed by atoms with Crippen molar-refractivity contribution in [3.8, 4) is 0 Å². The fourth-order valence-electron chi connectivity index (χ4n) is 3.23. The number of rotatable bonds is 4. The molecule has 1 aromatic carbocycles. The Hall–Kier alpha value is -0.540. The van der Waals surface area contributed by atoms with Gasteiger partial charge in [0.2, 0.25) is 0 Å². The van der Waals surface area contributed by atoms with E-state index < -0.39 is 0 Å². The highest BCUT2D eigenvalue weighted by molar-refractivity contribution is 8.00. The highest BCUT2D eigenvalue weighted by Gasteiger charge is 2.35. The van der Waals surface area contributed by atoms with Gasteiger partial charge in [-0.1, -0.05) is 27.7 Å². The highest BCUT2D eigenvalue weighted by Crippen LogP contribution is 2.43. The van der Waals surface area contributed by atoms with Gasteiger partial charge in [0.1, 0.15) is 5.82 Å². The largest absolute Gasteiger partial charge is 0.313 e. The molecule has 1 saturated carbocycles. The van der Waals surface area contributed by atoms with Crippen LogP contribution in [-0.4, -0.2) is 17.8 Å². The summed E-state index contributed by atoms with van der Waals surface area (Å²) < 4.78 is 13.1. The Kier molecular flexibility index (Phi) is 5.73. The quantitative estimate of drug-likeness (QED) is 0.829. The maximum atomic E-state index is 13.1. The van der Waals surface area contributed by atoms with Crippen LogP contribution < -0.4 is 5.32 Å². The van der Waals surface area contributed by atoms with Gasteiger partial charge < -0.3 is 5.32 Å². The summed E-state index contributed by atoms with van der Waals surface area (Å²) >= 11 is 1.91. The summed E-state index contributed by atoms with van der Waals surface area (Å²) in [5.41, 5.74) is 0.374. The van der Waals surface area contributed by atoms with E-state index >= 15 is 0 Å². The molecule has 0 heterocycles. The van der Waals surface area contributed by atoms with Crippen molar-refractivity contribution in [3.63, 3.8) is 0 Å². The van der Waals surface area contributed by atoms with Crippen LogP contribution in [0.2, 0.25) is 0 Å². The number of thioether (sulfide) groups is 1. The van der Waals surface area contributed by atoms with Crippen LogP contribution in [-0.2, 0) is 0 Å². The fraction of sp³-hybridized carbons (Fsp3) is 0.667. The molecule has 1 fully saturated rings. The third kappa shape index (κ3) is 4.72. The van der Waals surface area contributed by atoms with Gasteiger partial charge >= 0.3 is 0 Å². The monoisotopic (exact) mass is 309 g/mol. The maximum absolute atomic E-state index is 13.1. The minimum Gasteiger partial charge on any atom is -0.313 e. The van der Waals surface area contributed by atoms with Gasteiger partial charge in [-0.3, -0.25) is 0 Å². The van der Waals surface area contributed by atoms with Crippen LogP contribution in [0.5, 0.6) is 0 Å². The van der Waals surface area contributed by atoms with Gasteiger partial charge in [-0.2, -0.15) is 0 Å². The van der Waals surface area contributed by atoms with E-state index in [1.165, 1.54) is 24.2 Å². The van der Waals surface area contributed by atoms with E-state index in [1.807, 2.05) is 23.9 Å². The zero-order chi connectivity index (χ0) is 15.5. The first-order valence-corrected chi connectivity index (χ1v) is 8.93. The lowest BCUT2D eigenvalue weighted by Crippen LogP contribution is -2.44. The van der Waals surface area contributed by atoms with Crippen molar-refractivity contribution in [2.45, 2.75) is 63.1 Å². The summed E-state index contributed by atoms with van der Waals surface area (Å²) in [7, 11) is 0. The van der Waals surface area contributed by atoms with Gasteiger partial charge in [0, 0.05) is 16.2 Å². The van der Waals surface area contributed by atoms with Crippen molar-refractivity contribution in [1.82, 2.24) is 5.32 Å². The molecule has 0 aliphatic heterocycles. The van der Waals surface area contributed by atoms with Crippen LogP contribution in [0.1, 0.15) is 47.0 Å². The SMILES string of the molecule is CCNC1CCC(C(C)(C)C)CC1Sc1ccc(F)cc1. The molecule has 0 aromatic heterocycles. The lowest BCUT2D eigenvalue weighted by molar-refractivity contribution is 0.165. The lowest BCUT2D eigenvalue weighted by atomic mass is 9.71. The molecule has 1 aliphatic carbocycles. The zero-order valence-corrected chi connectivity index (χ0v) is 14.5. The second-order valence-corrected chi connectivity index (χ2v) is 8.46. The molecule has 3 heteroatoms. The Morgan fingerprint density at radius 3 is 2.43 bits per heavy atom. The topological polar surface area (TPSA) is 12.0 Å². The molecule has 1 nitrogen and oxygen atoms in total. The van der Waals surface area contributed by atoms with Crippen molar-refractivity contribution in [2.75, 3.05) is 6.54 Å². The summed E-state index contributed by atoms with van der Waals surface area (Å²) in [5.74, 6) is 0.615. The number of halogens is 1. The molecule has 0 saturated heterocycles. The molecule has 1 aliphatic rings. The second-order valence-electron chi connectivity index (χ2n) is 7.15. The Balaban J connectivity index is 2.08. The van der Waals surface area contributed by atoms with Crippen LogP contribution >= 0.6 is 11.8 Å². The van der Waals surface area contributed by atoms with Gasteiger partial charge in [-0.15, -0.1) is 11.8 Å². The molecule has 1 N–H and O–H groups in total. The summed E-state index contributed by atoms with van der Waals surface area (Å²) in [6.45, 7) is 10.3. The Bertz CT molecular complexity index is 438. The number of nitrogens with one attached hydrogen (secondary N) is 1. The van der Waals surface area contributed by atoms with Gasteiger partial charge in [0.25, 0.3) is 0 Å². The van der Waals surface area contributed by atoms with Crippen LogP contribution in [0.3, 0.4) is 0 Å². The normalized spacial score (nSPS) is 26.8. The fourth-order valence-corrected chi connectivity index (χ4v) is 4.60. The summed E-state index contributed by atoms with van der Waals surface area (Å²) in [5, 5.41) is 4.22. The predicted octanol–water partition coefficient (Wildman–Crippen LogP) is 5.11. The summed E-state index contributed by atoms with van der Waals surface area (Å²) in [6, 6.07) is 7.51. The molecule has 0 bridgehead atoms. The number of hydrogen-bond donors (Lipinski definition) is 1. The minimum atomic E-state index is -0.154. The van der Waals surface area contributed by atoms with Crippen LogP contribution in [0, 0.1) is 17.2 Å². The van der Waals surface area contributed by atoms with Crippen molar-refractivity contribution in [3.05, 3.63) is 30.1 Å². The molecule has 118 valence electrons. The molecule has 1 aromatic rings. The Morgan fingerprint density at radius 2 is 1.86 bits per heavy atom.